The van der Waals surface area contributed by atoms with Crippen LogP contribution in [-0.4, -0.2) is 4.98 Å². The van der Waals surface area contributed by atoms with E-state index in [0.29, 0.717) is 17.7 Å². The minimum atomic E-state index is -1.39. The van der Waals surface area contributed by atoms with Crippen LogP contribution in [0.3, 0.4) is 0 Å². The molecule has 0 fully saturated rings. The summed E-state index contributed by atoms with van der Waals surface area (Å²) in [5.74, 6) is -3.69. The Morgan fingerprint density at radius 2 is 1.75 bits per heavy atom. The van der Waals surface area contributed by atoms with Gasteiger partial charge in [-0.1, -0.05) is 19.9 Å². The van der Waals surface area contributed by atoms with Gasteiger partial charge >= 0.3 is 0 Å². The first kappa shape index (κ1) is 14.4. The molecule has 1 aromatic heterocycles. The molecule has 2 rings (SSSR count). The molecule has 0 spiro atoms. The molecule has 0 aliphatic carbocycles. The zero-order valence-corrected chi connectivity index (χ0v) is 11.4. The largest absolute Gasteiger partial charge is 0.436 e. The molecule has 0 saturated carbocycles. The van der Waals surface area contributed by atoms with E-state index in [1.807, 2.05) is 13.0 Å². The van der Waals surface area contributed by atoms with Crippen LogP contribution in [0.15, 0.2) is 24.3 Å². The normalized spacial score (nSPS) is 10.9. The highest BCUT2D eigenvalue weighted by Gasteiger charge is 2.14. The van der Waals surface area contributed by atoms with Crippen molar-refractivity contribution < 1.29 is 17.9 Å². The second-order valence-corrected chi connectivity index (χ2v) is 4.82. The third-order valence-corrected chi connectivity index (χ3v) is 2.93. The van der Waals surface area contributed by atoms with E-state index in [1.165, 1.54) is 0 Å². The van der Waals surface area contributed by atoms with Gasteiger partial charge < -0.3 is 4.74 Å². The number of rotatable bonds is 3. The third-order valence-electron chi connectivity index (χ3n) is 2.93. The van der Waals surface area contributed by atoms with E-state index < -0.39 is 23.5 Å². The Morgan fingerprint density at radius 3 is 2.35 bits per heavy atom. The minimum Gasteiger partial charge on any atom is -0.436 e. The van der Waals surface area contributed by atoms with Gasteiger partial charge in [0, 0.05) is 6.07 Å². The van der Waals surface area contributed by atoms with Gasteiger partial charge in [0.2, 0.25) is 0 Å². The fraction of sp³-hybridized carbons (Fsp3) is 0.267. The van der Waals surface area contributed by atoms with Crippen LogP contribution in [0, 0.1) is 24.5 Å². The van der Waals surface area contributed by atoms with Crippen LogP contribution in [-0.2, 0) is 0 Å². The second kappa shape index (κ2) is 5.53. The van der Waals surface area contributed by atoms with Crippen LogP contribution in [0.2, 0.25) is 0 Å². The molecular weight excluding hydrogens is 267 g/mol. The third kappa shape index (κ3) is 2.92. The summed E-state index contributed by atoms with van der Waals surface area (Å²) in [7, 11) is 0. The Kier molecular flexibility index (Phi) is 3.97. The molecule has 0 saturated heterocycles. The molecule has 2 nitrogen and oxygen atoms in total. The first-order valence-electron chi connectivity index (χ1n) is 6.18. The first-order valence-corrected chi connectivity index (χ1v) is 6.18. The molecule has 0 N–H and O–H groups in total. The van der Waals surface area contributed by atoms with Crippen molar-refractivity contribution in [2.75, 3.05) is 0 Å². The molecule has 0 atom stereocenters. The summed E-state index contributed by atoms with van der Waals surface area (Å²) in [6.07, 6.45) is 0. The average Bonchev–Trinajstić information content (AvgIpc) is 2.35. The topological polar surface area (TPSA) is 22.1 Å². The molecule has 0 amide bonds. The molecule has 0 unspecified atom stereocenters. The molecule has 0 radical (unpaired) electrons. The van der Waals surface area contributed by atoms with Crippen molar-refractivity contribution >= 4 is 0 Å². The molecule has 1 aromatic carbocycles. The van der Waals surface area contributed by atoms with Crippen molar-refractivity contribution in [3.05, 3.63) is 53.0 Å². The Morgan fingerprint density at radius 1 is 1.05 bits per heavy atom. The molecule has 5 heteroatoms. The highest BCUT2D eigenvalue weighted by Crippen LogP contribution is 2.28. The summed E-state index contributed by atoms with van der Waals surface area (Å²) in [4.78, 5) is 3.12. The summed E-state index contributed by atoms with van der Waals surface area (Å²) in [5, 5.41) is 0. The van der Waals surface area contributed by atoms with Crippen molar-refractivity contribution in [1.82, 2.24) is 4.98 Å². The highest BCUT2D eigenvalue weighted by atomic mass is 19.2. The van der Waals surface area contributed by atoms with Gasteiger partial charge in [0.05, 0.1) is 0 Å². The van der Waals surface area contributed by atoms with Crippen molar-refractivity contribution in [3.63, 3.8) is 0 Å². The highest BCUT2D eigenvalue weighted by molar-refractivity contribution is 5.38. The lowest BCUT2D eigenvalue weighted by Gasteiger charge is -2.12. The monoisotopic (exact) mass is 281 g/mol. The maximum Gasteiger partial charge on any atom is 0.258 e. The smallest absolute Gasteiger partial charge is 0.258 e. The number of hydrogen-bond acceptors (Lipinski definition) is 2. The molecule has 106 valence electrons. The molecule has 0 aliphatic heterocycles. The number of benzene rings is 1. The lowest BCUT2D eigenvalue weighted by molar-refractivity contribution is 0.387. The summed E-state index contributed by atoms with van der Waals surface area (Å²) in [6.45, 7) is 6.01. The Bertz CT molecular complexity index is 641. The molecular formula is C15H14F3NO. The van der Waals surface area contributed by atoms with E-state index in [1.54, 1.807) is 12.1 Å². The van der Waals surface area contributed by atoms with Crippen LogP contribution < -0.4 is 4.74 Å². The van der Waals surface area contributed by atoms with E-state index in [9.17, 15) is 13.2 Å². The van der Waals surface area contributed by atoms with Gasteiger partial charge in [0.1, 0.15) is 5.75 Å². The number of aryl methyl sites for hydroxylation is 1. The van der Waals surface area contributed by atoms with Gasteiger partial charge in [-0.25, -0.2) is 8.78 Å². The number of nitrogens with zero attached hydrogens (tertiary/aromatic N) is 1. The standard InChI is InChI=1S/C15H14F3NO/c1-8(2)11-5-4-10(6-9(11)3)20-15-13(17)7-12(16)14(18)19-15/h4-8H,1-3H3. The first-order chi connectivity index (χ1) is 9.38. The molecule has 0 bridgehead atoms. The van der Waals surface area contributed by atoms with Crippen LogP contribution >= 0.6 is 0 Å². The van der Waals surface area contributed by atoms with Gasteiger partial charge in [0.25, 0.3) is 11.8 Å². The Balaban J connectivity index is 2.31. The molecule has 0 aliphatic rings. The SMILES string of the molecule is Cc1cc(Oc2nc(F)c(F)cc2F)ccc1C(C)C. The molecule has 20 heavy (non-hydrogen) atoms. The quantitative estimate of drug-likeness (QED) is 0.759. The minimum absolute atomic E-state index is 0.323. The summed E-state index contributed by atoms with van der Waals surface area (Å²) in [6, 6.07) is 5.61. The predicted molar refractivity (Wildman–Crippen MR) is 69.5 cm³/mol. The van der Waals surface area contributed by atoms with Gasteiger partial charge in [-0.05, 0) is 36.1 Å². The lowest BCUT2D eigenvalue weighted by Crippen LogP contribution is -1.99. The van der Waals surface area contributed by atoms with E-state index in [-0.39, 0.29) is 0 Å². The van der Waals surface area contributed by atoms with Gasteiger partial charge in [-0.3, -0.25) is 0 Å². The van der Waals surface area contributed by atoms with E-state index in [0.717, 1.165) is 11.1 Å². The van der Waals surface area contributed by atoms with Crippen LogP contribution in [0.25, 0.3) is 0 Å². The predicted octanol–water partition coefficient (Wildman–Crippen LogP) is 4.72. The number of pyridine rings is 1. The number of ether oxygens (including phenoxy) is 1. The zero-order valence-electron chi connectivity index (χ0n) is 11.4. The number of hydrogen-bond donors (Lipinski definition) is 0. The second-order valence-electron chi connectivity index (χ2n) is 4.82. The maximum absolute atomic E-state index is 13.4. The maximum atomic E-state index is 13.4. The Labute approximate surface area is 115 Å². The summed E-state index contributed by atoms with van der Waals surface area (Å²) < 4.78 is 44.3. The van der Waals surface area contributed by atoms with Crippen molar-refractivity contribution in [2.45, 2.75) is 26.7 Å². The molecule has 2 aromatic rings. The van der Waals surface area contributed by atoms with Crippen molar-refractivity contribution in [1.29, 1.82) is 0 Å². The van der Waals surface area contributed by atoms with E-state index in [2.05, 4.69) is 18.8 Å². The number of aromatic nitrogens is 1. The Hall–Kier alpha value is -2.04. The van der Waals surface area contributed by atoms with Crippen LogP contribution in [0.4, 0.5) is 13.2 Å². The van der Waals surface area contributed by atoms with Crippen molar-refractivity contribution in [3.8, 4) is 11.6 Å². The summed E-state index contributed by atoms with van der Waals surface area (Å²) >= 11 is 0. The van der Waals surface area contributed by atoms with Crippen molar-refractivity contribution in [2.24, 2.45) is 0 Å². The van der Waals surface area contributed by atoms with Crippen LogP contribution in [0.1, 0.15) is 30.9 Å². The molecule has 1 heterocycles. The fourth-order valence-electron chi connectivity index (χ4n) is 1.97. The van der Waals surface area contributed by atoms with Gasteiger partial charge in [-0.15, -0.1) is 0 Å². The zero-order chi connectivity index (χ0) is 14.9. The van der Waals surface area contributed by atoms with Gasteiger partial charge in [0.15, 0.2) is 11.6 Å². The fourth-order valence-corrected chi connectivity index (χ4v) is 1.97. The lowest BCUT2D eigenvalue weighted by atomic mass is 9.98. The number of halogens is 3. The van der Waals surface area contributed by atoms with Gasteiger partial charge in [-0.2, -0.15) is 9.37 Å². The average molecular weight is 281 g/mol. The van der Waals surface area contributed by atoms with E-state index >= 15 is 0 Å². The van der Waals surface area contributed by atoms with E-state index in [4.69, 9.17) is 4.74 Å². The summed E-state index contributed by atoms with van der Waals surface area (Å²) in [5.41, 5.74) is 2.11. The van der Waals surface area contributed by atoms with Crippen LogP contribution in [0.5, 0.6) is 11.6 Å².